The van der Waals surface area contributed by atoms with Crippen molar-refractivity contribution in [3.63, 3.8) is 0 Å². The van der Waals surface area contributed by atoms with Crippen LogP contribution < -0.4 is 0 Å². The van der Waals surface area contributed by atoms with E-state index in [1.807, 2.05) is 60.7 Å². The summed E-state index contributed by atoms with van der Waals surface area (Å²) in [5, 5.41) is 2.26. The van der Waals surface area contributed by atoms with Gasteiger partial charge < -0.3 is 4.42 Å². The van der Waals surface area contributed by atoms with Crippen LogP contribution in [0.25, 0.3) is 95.3 Å². The van der Waals surface area contributed by atoms with E-state index in [1.165, 1.54) is 5.56 Å². The first-order valence-electron chi connectivity index (χ1n) is 17.2. The minimum Gasteiger partial charge on any atom is -0.436 e. The number of benzene rings is 7. The molecule has 0 N–H and O–H groups in total. The number of fused-ring (bicyclic) bond motifs is 4. The van der Waals surface area contributed by atoms with E-state index >= 15 is 0 Å². The molecule has 0 atom stereocenters. The summed E-state index contributed by atoms with van der Waals surface area (Å²) >= 11 is 0. The van der Waals surface area contributed by atoms with Crippen LogP contribution >= 0.6 is 0 Å². The Bertz CT molecular complexity index is 2880. The van der Waals surface area contributed by atoms with Crippen molar-refractivity contribution in [3.05, 3.63) is 176 Å². The van der Waals surface area contributed by atoms with E-state index in [0.29, 0.717) is 29.1 Å². The highest BCUT2D eigenvalue weighted by molar-refractivity contribution is 6.10. The topological polar surface area (TPSA) is 69.6 Å². The predicted octanol–water partition coefficient (Wildman–Crippen LogP) is 11.4. The summed E-state index contributed by atoms with van der Waals surface area (Å²) in [6.07, 6.45) is 0. The third-order valence-corrected chi connectivity index (χ3v) is 9.52. The number of para-hydroxylation sites is 1. The Morgan fingerprint density at radius 3 is 1.63 bits per heavy atom. The van der Waals surface area contributed by atoms with Gasteiger partial charge in [-0.15, -0.1) is 0 Å². The van der Waals surface area contributed by atoms with Crippen molar-refractivity contribution in [2.75, 3.05) is 0 Å². The zero-order valence-electron chi connectivity index (χ0n) is 27.9. The van der Waals surface area contributed by atoms with Gasteiger partial charge in [0, 0.05) is 27.5 Å². The van der Waals surface area contributed by atoms with E-state index in [-0.39, 0.29) is 0 Å². The summed E-state index contributed by atoms with van der Waals surface area (Å²) < 4.78 is 8.41. The first-order chi connectivity index (χ1) is 25.7. The van der Waals surface area contributed by atoms with Gasteiger partial charge in [0.05, 0.1) is 11.0 Å². The molecule has 52 heavy (non-hydrogen) atoms. The van der Waals surface area contributed by atoms with Crippen LogP contribution in [-0.4, -0.2) is 24.5 Å². The Kier molecular flexibility index (Phi) is 7.03. The monoisotopic (exact) mass is 667 g/mol. The number of hydrogen-bond acceptors (Lipinski definition) is 5. The molecule has 0 aliphatic rings. The summed E-state index contributed by atoms with van der Waals surface area (Å²) in [7, 11) is 0. The molecule has 3 heterocycles. The third-order valence-electron chi connectivity index (χ3n) is 9.52. The average Bonchev–Trinajstić information content (AvgIpc) is 3.81. The van der Waals surface area contributed by atoms with Crippen molar-refractivity contribution in [1.29, 1.82) is 0 Å². The molecule has 0 spiro atoms. The van der Waals surface area contributed by atoms with Gasteiger partial charge in [0.25, 0.3) is 0 Å². The van der Waals surface area contributed by atoms with Gasteiger partial charge in [0.15, 0.2) is 17.2 Å². The second kappa shape index (κ2) is 12.3. The van der Waals surface area contributed by atoms with E-state index in [0.717, 1.165) is 60.7 Å². The van der Waals surface area contributed by atoms with Crippen LogP contribution in [0.4, 0.5) is 0 Å². The van der Waals surface area contributed by atoms with Gasteiger partial charge in [-0.3, -0.25) is 4.57 Å². The summed E-state index contributed by atoms with van der Waals surface area (Å²) in [5.41, 5.74) is 10.7. The fourth-order valence-electron chi connectivity index (χ4n) is 6.93. The van der Waals surface area contributed by atoms with Crippen molar-refractivity contribution in [2.24, 2.45) is 0 Å². The maximum Gasteiger partial charge on any atom is 0.238 e. The van der Waals surface area contributed by atoms with Crippen molar-refractivity contribution in [3.8, 4) is 62.4 Å². The van der Waals surface area contributed by atoms with Gasteiger partial charge in [-0.25, -0.2) is 9.97 Å². The third kappa shape index (κ3) is 5.22. The molecule has 0 saturated carbocycles. The molecule has 0 bridgehead atoms. The molecular weight excluding hydrogens is 639 g/mol. The van der Waals surface area contributed by atoms with Crippen molar-refractivity contribution in [2.45, 2.75) is 0 Å². The van der Waals surface area contributed by atoms with Crippen LogP contribution in [0.15, 0.2) is 180 Å². The number of rotatable bonds is 6. The SMILES string of the molecule is c1ccc(-c2ccc(-c3nc(-c4ccc5nc(-c6ccccc6)oc5c4)nc(-n4c5ccccc5c5cc(-c6ccccc6)ccc54)n3)cc2)cc1. The van der Waals surface area contributed by atoms with Gasteiger partial charge in [-0.1, -0.05) is 127 Å². The van der Waals surface area contributed by atoms with E-state index in [1.54, 1.807) is 0 Å². The molecule has 0 radical (unpaired) electrons. The Morgan fingerprint density at radius 1 is 0.365 bits per heavy atom. The molecule has 0 saturated heterocycles. The highest BCUT2D eigenvalue weighted by Crippen LogP contribution is 2.36. The second-order valence-corrected chi connectivity index (χ2v) is 12.7. The molecule has 0 aliphatic carbocycles. The van der Waals surface area contributed by atoms with Gasteiger partial charge in [-0.2, -0.15) is 9.97 Å². The minimum absolute atomic E-state index is 0.536. The maximum atomic E-state index is 6.26. The highest BCUT2D eigenvalue weighted by Gasteiger charge is 2.19. The normalized spacial score (nSPS) is 11.5. The second-order valence-electron chi connectivity index (χ2n) is 12.7. The standard InChI is InChI=1S/C46H29N5O/c1-4-12-30(13-5-1)32-20-22-33(23-21-32)43-48-44(36-24-26-39-42(29-36)52-45(47-39)34-16-8-3-9-17-34)50-46(49-43)51-40-19-11-10-18-37(40)38-28-35(25-27-41(38)51)31-14-6-2-7-15-31/h1-29H. The molecule has 0 unspecified atom stereocenters. The molecular formula is C46H29N5O. The number of aromatic nitrogens is 5. The van der Waals surface area contributed by atoms with Crippen molar-refractivity contribution < 1.29 is 4.42 Å². The molecule has 244 valence electrons. The van der Waals surface area contributed by atoms with Crippen LogP contribution in [0.1, 0.15) is 0 Å². The molecule has 3 aromatic heterocycles. The predicted molar refractivity (Wildman–Crippen MR) is 209 cm³/mol. The largest absolute Gasteiger partial charge is 0.436 e. The van der Waals surface area contributed by atoms with E-state index in [2.05, 4.69) is 120 Å². The van der Waals surface area contributed by atoms with Crippen LogP contribution in [0, 0.1) is 0 Å². The number of nitrogens with zero attached hydrogens (tertiary/aromatic N) is 5. The minimum atomic E-state index is 0.536. The quantitative estimate of drug-likeness (QED) is 0.176. The average molecular weight is 668 g/mol. The van der Waals surface area contributed by atoms with Crippen molar-refractivity contribution in [1.82, 2.24) is 24.5 Å². The molecule has 0 amide bonds. The zero-order valence-corrected chi connectivity index (χ0v) is 27.9. The summed E-state index contributed by atoms with van der Waals surface area (Å²) in [6, 6.07) is 60.1. The summed E-state index contributed by atoms with van der Waals surface area (Å²) in [6.45, 7) is 0. The Labute approximate surface area is 299 Å². The zero-order chi connectivity index (χ0) is 34.4. The molecule has 7 aromatic carbocycles. The summed E-state index contributed by atoms with van der Waals surface area (Å²) in [4.78, 5) is 20.2. The van der Waals surface area contributed by atoms with Gasteiger partial charge in [0.1, 0.15) is 5.52 Å². The lowest BCUT2D eigenvalue weighted by atomic mass is 10.0. The van der Waals surface area contributed by atoms with Crippen molar-refractivity contribution >= 4 is 32.9 Å². The van der Waals surface area contributed by atoms with Gasteiger partial charge in [0.2, 0.25) is 11.8 Å². The fraction of sp³-hybridized carbons (Fsp3) is 0. The van der Waals surface area contributed by atoms with Crippen LogP contribution in [0.3, 0.4) is 0 Å². The summed E-state index contributed by atoms with van der Waals surface area (Å²) in [5.74, 6) is 2.23. The molecule has 6 nitrogen and oxygen atoms in total. The first-order valence-corrected chi connectivity index (χ1v) is 17.2. The Hall–Kier alpha value is -7.18. The Morgan fingerprint density at radius 2 is 0.904 bits per heavy atom. The number of oxazole rings is 1. The smallest absolute Gasteiger partial charge is 0.238 e. The maximum absolute atomic E-state index is 6.26. The van der Waals surface area contributed by atoms with Gasteiger partial charge in [-0.05, 0) is 70.8 Å². The molecule has 0 fully saturated rings. The van der Waals surface area contributed by atoms with E-state index < -0.39 is 0 Å². The van der Waals surface area contributed by atoms with Crippen LogP contribution in [-0.2, 0) is 0 Å². The lowest BCUT2D eigenvalue weighted by Crippen LogP contribution is -2.06. The fourth-order valence-corrected chi connectivity index (χ4v) is 6.93. The van der Waals surface area contributed by atoms with E-state index in [4.69, 9.17) is 24.4 Å². The molecule has 6 heteroatoms. The number of hydrogen-bond donors (Lipinski definition) is 0. The molecule has 10 rings (SSSR count). The lowest BCUT2D eigenvalue weighted by molar-refractivity contribution is 0.620. The van der Waals surface area contributed by atoms with Crippen LogP contribution in [0.5, 0.6) is 0 Å². The van der Waals surface area contributed by atoms with Crippen LogP contribution in [0.2, 0.25) is 0 Å². The Balaban J connectivity index is 1.16. The van der Waals surface area contributed by atoms with Gasteiger partial charge >= 0.3 is 0 Å². The van der Waals surface area contributed by atoms with E-state index in [9.17, 15) is 0 Å². The molecule has 10 aromatic rings. The first kappa shape index (κ1) is 29.7. The highest BCUT2D eigenvalue weighted by atomic mass is 16.3. The molecule has 0 aliphatic heterocycles. The lowest BCUT2D eigenvalue weighted by Gasteiger charge is -2.11.